The van der Waals surface area contributed by atoms with Gasteiger partial charge in [0.25, 0.3) is 0 Å². The molecule has 0 saturated carbocycles. The SMILES string of the molecule is CN(C)c1ccc(C(C(=O)NN)=[P+]([O-])OCCCl)cc1. The molecule has 110 valence electrons. The van der Waals surface area contributed by atoms with E-state index in [1.807, 2.05) is 36.6 Å². The lowest BCUT2D eigenvalue weighted by Gasteiger charge is -2.12. The van der Waals surface area contributed by atoms with Gasteiger partial charge in [-0.1, -0.05) is 0 Å². The van der Waals surface area contributed by atoms with E-state index < -0.39 is 13.9 Å². The summed E-state index contributed by atoms with van der Waals surface area (Å²) in [6.45, 7) is 0.0912. The van der Waals surface area contributed by atoms with Crippen LogP contribution in [0.1, 0.15) is 5.56 Å². The first-order valence-corrected chi connectivity index (χ1v) is 7.54. The monoisotopic (exact) mass is 317 g/mol. The van der Waals surface area contributed by atoms with Gasteiger partial charge in [0.15, 0.2) is 0 Å². The molecule has 6 nitrogen and oxygen atoms in total. The van der Waals surface area contributed by atoms with Crippen molar-refractivity contribution in [1.29, 1.82) is 0 Å². The minimum Gasteiger partial charge on any atom is -0.602 e. The molecule has 1 atom stereocenters. The van der Waals surface area contributed by atoms with Gasteiger partial charge in [-0.2, -0.15) is 4.52 Å². The van der Waals surface area contributed by atoms with E-state index in [1.54, 1.807) is 12.1 Å². The predicted molar refractivity (Wildman–Crippen MR) is 80.8 cm³/mol. The number of nitrogens with two attached hydrogens (primary N) is 1. The third-order valence-corrected chi connectivity index (χ3v) is 3.87. The Bertz CT molecular complexity index is 491. The van der Waals surface area contributed by atoms with Gasteiger partial charge in [0.2, 0.25) is 13.3 Å². The van der Waals surface area contributed by atoms with Gasteiger partial charge in [-0.25, -0.2) is 5.84 Å². The average Bonchev–Trinajstić information content (AvgIpc) is 2.45. The number of alkyl halides is 1. The van der Waals surface area contributed by atoms with Crippen LogP contribution < -0.4 is 21.1 Å². The molecule has 0 radical (unpaired) electrons. The molecule has 0 aliphatic heterocycles. The van der Waals surface area contributed by atoms with Crippen molar-refractivity contribution in [1.82, 2.24) is 5.43 Å². The maximum absolute atomic E-state index is 12.0. The second-order valence-corrected chi connectivity index (χ2v) is 5.64. The van der Waals surface area contributed by atoms with Crippen LogP contribution in [0.15, 0.2) is 24.3 Å². The van der Waals surface area contributed by atoms with Gasteiger partial charge in [0, 0.05) is 25.3 Å². The number of hydrogen-bond donors (Lipinski definition) is 2. The first-order valence-electron chi connectivity index (χ1n) is 5.83. The van der Waals surface area contributed by atoms with Gasteiger partial charge < -0.3 is 9.79 Å². The standard InChI is InChI=1S/C12H17ClN3O3P/c1-16(2)10-5-3-9(4-6-10)11(12(17)15-14)20(18)19-8-7-13/h3-6H,7-8,14H2,1-2H3,(H,15,17). The largest absolute Gasteiger partial charge is 0.602 e. The molecule has 3 N–H and O–H groups in total. The number of hydrogen-bond acceptors (Lipinski definition) is 5. The molecule has 0 heterocycles. The number of halogens is 1. The van der Waals surface area contributed by atoms with E-state index in [2.05, 4.69) is 0 Å². The third-order valence-electron chi connectivity index (χ3n) is 2.47. The van der Waals surface area contributed by atoms with Crippen LogP contribution in [0.2, 0.25) is 0 Å². The van der Waals surface area contributed by atoms with Crippen LogP contribution in [0.3, 0.4) is 0 Å². The van der Waals surface area contributed by atoms with Crippen LogP contribution >= 0.6 is 19.6 Å². The van der Waals surface area contributed by atoms with Crippen LogP contribution in [0.4, 0.5) is 5.69 Å². The van der Waals surface area contributed by atoms with Crippen molar-refractivity contribution in [2.75, 3.05) is 31.5 Å². The number of carbonyl (C=O) groups is 1. The summed E-state index contributed by atoms with van der Waals surface area (Å²) < 4.78 is 5.02. The summed E-state index contributed by atoms with van der Waals surface area (Å²) >= 11 is 5.47. The third kappa shape index (κ3) is 4.44. The molecular formula is C12H17ClN3O3P. The minimum atomic E-state index is -2.32. The summed E-state index contributed by atoms with van der Waals surface area (Å²) in [5.74, 6) is 4.67. The van der Waals surface area contributed by atoms with Crippen molar-refractivity contribution in [2.45, 2.75) is 0 Å². The van der Waals surface area contributed by atoms with E-state index in [0.717, 1.165) is 5.69 Å². The van der Waals surface area contributed by atoms with Crippen molar-refractivity contribution in [2.24, 2.45) is 5.84 Å². The number of carbonyl (C=O) groups excluding carboxylic acids is 1. The first kappa shape index (κ1) is 16.9. The lowest BCUT2D eigenvalue weighted by Crippen LogP contribution is -2.37. The van der Waals surface area contributed by atoms with E-state index in [9.17, 15) is 9.69 Å². The molecule has 1 amide bonds. The molecule has 1 rings (SSSR count). The molecule has 0 saturated heterocycles. The summed E-state index contributed by atoms with van der Waals surface area (Å²) in [4.78, 5) is 25.7. The molecule has 1 aromatic rings. The Balaban J connectivity index is 3.14. The lowest BCUT2D eigenvalue weighted by atomic mass is 10.1. The molecule has 8 heteroatoms. The highest BCUT2D eigenvalue weighted by molar-refractivity contribution is 7.50. The van der Waals surface area contributed by atoms with Crippen molar-refractivity contribution in [3.63, 3.8) is 0 Å². The number of nitrogens with one attached hydrogen (secondary N) is 1. The number of hydrazine groups is 1. The minimum absolute atomic E-state index is 0.00192. The Hall–Kier alpha value is -1.17. The molecule has 0 bridgehead atoms. The summed E-state index contributed by atoms with van der Waals surface area (Å²) in [6.07, 6.45) is 0. The highest BCUT2D eigenvalue weighted by atomic mass is 35.5. The quantitative estimate of drug-likeness (QED) is 0.257. The van der Waals surface area contributed by atoms with E-state index in [1.165, 1.54) is 0 Å². The predicted octanol–water partition coefficient (Wildman–Crippen LogP) is 0.191. The van der Waals surface area contributed by atoms with Crippen LogP contribution in [0.5, 0.6) is 0 Å². The number of rotatable bonds is 6. The fourth-order valence-electron chi connectivity index (χ4n) is 1.49. The van der Waals surface area contributed by atoms with Gasteiger partial charge >= 0.3 is 5.91 Å². The average molecular weight is 318 g/mol. The zero-order chi connectivity index (χ0) is 15.1. The molecule has 0 aliphatic carbocycles. The molecule has 0 aliphatic rings. The highest BCUT2D eigenvalue weighted by Crippen LogP contribution is 2.22. The Labute approximate surface area is 124 Å². The molecule has 1 unspecified atom stereocenters. The topological polar surface area (TPSA) is 90.7 Å². The Morgan fingerprint density at radius 2 is 2.05 bits per heavy atom. The summed E-state index contributed by atoms with van der Waals surface area (Å²) in [6, 6.07) is 7.00. The second-order valence-electron chi connectivity index (χ2n) is 4.04. The van der Waals surface area contributed by atoms with Gasteiger partial charge in [0.1, 0.15) is 6.61 Å². The van der Waals surface area contributed by atoms with E-state index in [-0.39, 0.29) is 17.8 Å². The van der Waals surface area contributed by atoms with Crippen LogP contribution in [-0.4, -0.2) is 37.8 Å². The van der Waals surface area contributed by atoms with Crippen molar-refractivity contribution < 1.29 is 14.2 Å². The normalized spacial score (nSPS) is 11.8. The van der Waals surface area contributed by atoms with Gasteiger partial charge in [0.05, 0.1) is 5.88 Å². The summed E-state index contributed by atoms with van der Waals surface area (Å²) in [7, 11) is 1.48. The van der Waals surface area contributed by atoms with Crippen molar-refractivity contribution >= 4 is 36.5 Å². The number of nitrogens with zero attached hydrogens (tertiary/aromatic N) is 1. The molecule has 0 aromatic heterocycles. The maximum Gasteiger partial charge on any atom is 0.311 e. The Morgan fingerprint density at radius 1 is 1.45 bits per heavy atom. The number of anilines is 1. The number of amides is 1. The number of benzene rings is 1. The molecule has 20 heavy (non-hydrogen) atoms. The fraction of sp³-hybridized carbons (Fsp3) is 0.333. The van der Waals surface area contributed by atoms with Crippen molar-refractivity contribution in [3.05, 3.63) is 29.8 Å². The highest BCUT2D eigenvalue weighted by Gasteiger charge is 2.23. The van der Waals surface area contributed by atoms with Gasteiger partial charge in [-0.3, -0.25) is 10.2 Å². The van der Waals surface area contributed by atoms with E-state index >= 15 is 0 Å². The van der Waals surface area contributed by atoms with Crippen LogP contribution in [-0.2, 0) is 9.32 Å². The van der Waals surface area contributed by atoms with E-state index in [0.29, 0.717) is 5.56 Å². The maximum atomic E-state index is 12.0. The second kappa shape index (κ2) is 8.19. The zero-order valence-electron chi connectivity index (χ0n) is 11.3. The van der Waals surface area contributed by atoms with Crippen LogP contribution in [0, 0.1) is 0 Å². The summed E-state index contributed by atoms with van der Waals surface area (Å²) in [5.41, 5.74) is 3.43. The van der Waals surface area contributed by atoms with Crippen molar-refractivity contribution in [3.8, 4) is 0 Å². The fourth-order valence-corrected chi connectivity index (χ4v) is 2.65. The molecule has 0 spiro atoms. The molecule has 0 fully saturated rings. The van der Waals surface area contributed by atoms with Gasteiger partial charge in [-0.15, -0.1) is 11.6 Å². The molecule has 1 aromatic carbocycles. The Kier molecular flexibility index (Phi) is 6.91. The van der Waals surface area contributed by atoms with Crippen LogP contribution in [0.25, 0.3) is 0 Å². The van der Waals surface area contributed by atoms with Gasteiger partial charge in [-0.05, 0) is 24.3 Å². The Morgan fingerprint density at radius 3 is 2.50 bits per heavy atom. The zero-order valence-corrected chi connectivity index (χ0v) is 12.9. The molecular weight excluding hydrogens is 301 g/mol. The van der Waals surface area contributed by atoms with E-state index in [4.69, 9.17) is 22.0 Å². The first-order chi connectivity index (χ1) is 9.51. The summed E-state index contributed by atoms with van der Waals surface area (Å²) in [5, 5.41) is -0.00192. The lowest BCUT2D eigenvalue weighted by molar-refractivity contribution is -0.171. The smallest absolute Gasteiger partial charge is 0.311 e.